The highest BCUT2D eigenvalue weighted by molar-refractivity contribution is 7.89. The fourth-order valence-electron chi connectivity index (χ4n) is 4.88. The number of benzene rings is 1. The molecule has 2 saturated heterocycles. The number of hydrogen-bond acceptors (Lipinski definition) is 7. The van der Waals surface area contributed by atoms with Crippen LogP contribution >= 0.6 is 0 Å². The van der Waals surface area contributed by atoms with Crippen molar-refractivity contribution in [2.24, 2.45) is 0 Å². The monoisotopic (exact) mass is 473 g/mol. The molecule has 4 heterocycles. The third-order valence-corrected chi connectivity index (χ3v) is 6.98. The van der Waals surface area contributed by atoms with Crippen LogP contribution in [0.2, 0.25) is 0 Å². The first-order valence-corrected chi connectivity index (χ1v) is 12.8. The van der Waals surface area contributed by atoms with E-state index in [9.17, 15) is 22.7 Å². The molecule has 0 saturated carbocycles. The van der Waals surface area contributed by atoms with E-state index in [0.29, 0.717) is 35.2 Å². The number of aliphatic hydroxyl groups excluding tert-OH is 1. The van der Waals surface area contributed by atoms with Crippen molar-refractivity contribution >= 4 is 38.2 Å². The molecule has 2 N–H and O–H groups in total. The summed E-state index contributed by atoms with van der Waals surface area (Å²) >= 11 is 0. The van der Waals surface area contributed by atoms with E-state index in [4.69, 9.17) is 0 Å². The molecule has 2 aromatic heterocycles. The number of halogens is 1. The summed E-state index contributed by atoms with van der Waals surface area (Å²) in [5, 5.41) is 18.0. The van der Waals surface area contributed by atoms with Crippen molar-refractivity contribution in [3.05, 3.63) is 48.0 Å². The van der Waals surface area contributed by atoms with E-state index in [2.05, 4.69) is 15.4 Å². The number of fused-ring (bicyclic) bond motifs is 3. The lowest BCUT2D eigenvalue weighted by Gasteiger charge is -2.37. The Balaban J connectivity index is 1.52. The van der Waals surface area contributed by atoms with E-state index < -0.39 is 15.9 Å². The van der Waals surface area contributed by atoms with Gasteiger partial charge >= 0.3 is 0 Å². The number of rotatable bonds is 5. The van der Waals surface area contributed by atoms with Crippen LogP contribution in [0.15, 0.2) is 36.5 Å². The molecule has 2 bridgehead atoms. The van der Waals surface area contributed by atoms with E-state index in [1.165, 1.54) is 23.0 Å². The first-order chi connectivity index (χ1) is 15.7. The predicted molar refractivity (Wildman–Crippen MR) is 120 cm³/mol. The zero-order valence-electron chi connectivity index (χ0n) is 18.0. The molecule has 5 rings (SSSR count). The SMILES string of the molecule is CS(=O)(=O)Cn1nc(Nc2ccc(F)cc2)c2cnc(C(=O)N3C4CCC3CC(O)C4)cc21. The Morgan fingerprint density at radius 1 is 1.21 bits per heavy atom. The number of nitrogens with one attached hydrogen (secondary N) is 1. The van der Waals surface area contributed by atoms with Crippen LogP contribution in [0.3, 0.4) is 0 Å². The van der Waals surface area contributed by atoms with Crippen LogP contribution in [-0.2, 0) is 15.7 Å². The Bertz CT molecular complexity index is 1310. The number of sulfone groups is 1. The number of aliphatic hydroxyl groups is 1. The average Bonchev–Trinajstić information content (AvgIpc) is 3.22. The van der Waals surface area contributed by atoms with Crippen molar-refractivity contribution in [2.45, 2.75) is 49.7 Å². The summed E-state index contributed by atoms with van der Waals surface area (Å²) in [5.41, 5.74) is 1.23. The van der Waals surface area contributed by atoms with Crippen LogP contribution in [0.4, 0.5) is 15.9 Å². The molecule has 1 amide bonds. The lowest BCUT2D eigenvalue weighted by atomic mass is 9.99. The first-order valence-electron chi connectivity index (χ1n) is 10.8. The predicted octanol–water partition coefficient (Wildman–Crippen LogP) is 2.44. The number of piperidine rings is 1. The van der Waals surface area contributed by atoms with E-state index in [0.717, 1.165) is 19.1 Å². The highest BCUT2D eigenvalue weighted by Crippen LogP contribution is 2.37. The largest absolute Gasteiger partial charge is 0.393 e. The Morgan fingerprint density at radius 2 is 1.88 bits per heavy atom. The minimum Gasteiger partial charge on any atom is -0.393 e. The second-order valence-corrected chi connectivity index (χ2v) is 11.0. The van der Waals surface area contributed by atoms with Crippen LogP contribution in [0.5, 0.6) is 0 Å². The fourth-order valence-corrected chi connectivity index (χ4v) is 5.52. The van der Waals surface area contributed by atoms with E-state index in [1.54, 1.807) is 18.2 Å². The molecule has 11 heteroatoms. The van der Waals surface area contributed by atoms with Crippen LogP contribution in [0.25, 0.3) is 10.9 Å². The summed E-state index contributed by atoms with van der Waals surface area (Å²) < 4.78 is 38.6. The summed E-state index contributed by atoms with van der Waals surface area (Å²) in [4.78, 5) is 19.5. The molecule has 0 radical (unpaired) electrons. The highest BCUT2D eigenvalue weighted by atomic mass is 32.2. The van der Waals surface area contributed by atoms with Gasteiger partial charge in [-0.3, -0.25) is 9.78 Å². The second-order valence-electron chi connectivity index (χ2n) is 8.84. The summed E-state index contributed by atoms with van der Waals surface area (Å²) in [6.45, 7) is 0. The van der Waals surface area contributed by atoms with Crippen molar-refractivity contribution in [2.75, 3.05) is 11.6 Å². The molecule has 2 aliphatic rings. The maximum atomic E-state index is 13.3. The average molecular weight is 474 g/mol. The molecule has 1 aromatic carbocycles. The Kier molecular flexibility index (Phi) is 5.32. The van der Waals surface area contributed by atoms with Crippen molar-refractivity contribution in [3.8, 4) is 0 Å². The molecule has 2 aliphatic heterocycles. The molecule has 33 heavy (non-hydrogen) atoms. The van der Waals surface area contributed by atoms with E-state index >= 15 is 0 Å². The van der Waals surface area contributed by atoms with Gasteiger partial charge in [-0.1, -0.05) is 0 Å². The smallest absolute Gasteiger partial charge is 0.273 e. The molecule has 0 aliphatic carbocycles. The lowest BCUT2D eigenvalue weighted by molar-refractivity contribution is 0.0282. The first kappa shape index (κ1) is 21.8. The third kappa shape index (κ3) is 4.30. The van der Waals surface area contributed by atoms with E-state index in [1.807, 2.05) is 4.90 Å². The number of nitrogens with zero attached hydrogens (tertiary/aromatic N) is 4. The van der Waals surface area contributed by atoms with Gasteiger partial charge in [0.15, 0.2) is 15.7 Å². The molecule has 2 unspecified atom stereocenters. The molecular weight excluding hydrogens is 449 g/mol. The van der Waals surface area contributed by atoms with Crippen molar-refractivity contribution in [1.82, 2.24) is 19.7 Å². The summed E-state index contributed by atoms with van der Waals surface area (Å²) in [7, 11) is -3.42. The van der Waals surface area contributed by atoms with Gasteiger partial charge in [0, 0.05) is 30.2 Å². The van der Waals surface area contributed by atoms with Gasteiger partial charge < -0.3 is 15.3 Å². The van der Waals surface area contributed by atoms with Crippen LogP contribution in [0.1, 0.15) is 36.2 Å². The standard InChI is InChI=1S/C22H24FN5O4S/c1-33(31,32)12-27-20-10-19(22(30)28-15-6-7-16(28)9-17(29)8-15)24-11-18(20)21(26-27)25-14-4-2-13(23)3-5-14/h2-5,10-11,15-17,29H,6-9,12H2,1H3,(H,25,26). The number of carbonyl (C=O) groups is 1. The zero-order chi connectivity index (χ0) is 23.3. The molecule has 2 atom stereocenters. The normalized spacial score (nSPS) is 22.6. The maximum Gasteiger partial charge on any atom is 0.273 e. The number of anilines is 2. The molecule has 3 aromatic rings. The number of amides is 1. The summed E-state index contributed by atoms with van der Waals surface area (Å²) in [6.07, 6.45) is 5.04. The molecule has 2 fully saturated rings. The Labute approximate surface area is 190 Å². The minimum atomic E-state index is -3.42. The number of hydrogen-bond donors (Lipinski definition) is 2. The molecular formula is C22H24FN5O4S. The fraction of sp³-hybridized carbons (Fsp3) is 0.409. The van der Waals surface area contributed by atoms with Gasteiger partial charge in [-0.25, -0.2) is 17.5 Å². The summed E-state index contributed by atoms with van der Waals surface area (Å²) in [5.74, 6) is -0.616. The van der Waals surface area contributed by atoms with Crippen LogP contribution in [-0.4, -0.2) is 63.5 Å². The minimum absolute atomic E-state index is 0.0135. The van der Waals surface area contributed by atoms with E-state index in [-0.39, 0.29) is 35.4 Å². The number of pyridine rings is 1. The van der Waals surface area contributed by atoms with Crippen LogP contribution in [0, 0.1) is 5.82 Å². The number of aromatic nitrogens is 3. The summed E-state index contributed by atoms with van der Waals surface area (Å²) in [6, 6.07) is 7.23. The maximum absolute atomic E-state index is 13.3. The van der Waals surface area contributed by atoms with Gasteiger partial charge in [-0.15, -0.1) is 0 Å². The van der Waals surface area contributed by atoms with Crippen molar-refractivity contribution in [1.29, 1.82) is 0 Å². The van der Waals surface area contributed by atoms with Crippen LogP contribution < -0.4 is 5.32 Å². The molecule has 0 spiro atoms. The van der Waals surface area contributed by atoms with Crippen molar-refractivity contribution in [3.63, 3.8) is 0 Å². The molecule has 174 valence electrons. The zero-order valence-corrected chi connectivity index (χ0v) is 18.8. The van der Waals surface area contributed by atoms with Gasteiger partial charge in [-0.2, -0.15) is 5.10 Å². The van der Waals surface area contributed by atoms with Crippen molar-refractivity contribution < 1.29 is 22.7 Å². The Hall–Kier alpha value is -3.05. The topological polar surface area (TPSA) is 117 Å². The second kappa shape index (κ2) is 8.07. The van der Waals surface area contributed by atoms with Gasteiger partial charge in [0.05, 0.1) is 17.0 Å². The Morgan fingerprint density at radius 3 is 2.52 bits per heavy atom. The quantitative estimate of drug-likeness (QED) is 0.584. The van der Waals surface area contributed by atoms with Gasteiger partial charge in [-0.05, 0) is 56.0 Å². The lowest BCUT2D eigenvalue weighted by Crippen LogP contribution is -2.48. The molecule has 9 nitrogen and oxygen atoms in total. The number of carbonyl (C=O) groups excluding carboxylic acids is 1. The van der Waals surface area contributed by atoms with Gasteiger partial charge in [0.1, 0.15) is 17.4 Å². The van der Waals surface area contributed by atoms with Gasteiger partial charge in [0.25, 0.3) is 5.91 Å². The highest BCUT2D eigenvalue weighted by Gasteiger charge is 2.43. The third-order valence-electron chi connectivity index (χ3n) is 6.26. The van der Waals surface area contributed by atoms with Gasteiger partial charge in [0.2, 0.25) is 0 Å².